The predicted molar refractivity (Wildman–Crippen MR) is 96.5 cm³/mol. The van der Waals surface area contributed by atoms with Crippen molar-refractivity contribution < 1.29 is 17.6 Å². The minimum absolute atomic E-state index is 0.0245. The van der Waals surface area contributed by atoms with Gasteiger partial charge < -0.3 is 9.80 Å². The zero-order chi connectivity index (χ0) is 18.4. The number of rotatable bonds is 7. The quantitative estimate of drug-likeness (QED) is 0.729. The fourth-order valence-corrected chi connectivity index (χ4v) is 3.87. The molecule has 0 unspecified atom stereocenters. The number of carbonyl (C=O) groups excluding carboxylic acids is 1. The van der Waals surface area contributed by atoms with Crippen LogP contribution in [0.25, 0.3) is 0 Å². The molecule has 0 bridgehead atoms. The smallest absolute Gasteiger partial charge is 0.224 e. The molecule has 0 atom stereocenters. The van der Waals surface area contributed by atoms with E-state index in [9.17, 15) is 17.6 Å². The number of amides is 1. The van der Waals surface area contributed by atoms with Crippen LogP contribution in [-0.2, 0) is 14.8 Å². The van der Waals surface area contributed by atoms with Gasteiger partial charge in [0.15, 0.2) is 0 Å². The van der Waals surface area contributed by atoms with Crippen molar-refractivity contribution in [2.24, 2.45) is 0 Å². The number of halogens is 1. The van der Waals surface area contributed by atoms with E-state index >= 15 is 0 Å². The van der Waals surface area contributed by atoms with E-state index in [2.05, 4.69) is 4.90 Å². The van der Waals surface area contributed by atoms with Gasteiger partial charge in [0.2, 0.25) is 15.9 Å². The van der Waals surface area contributed by atoms with E-state index in [1.54, 1.807) is 17.0 Å². The van der Waals surface area contributed by atoms with E-state index in [4.69, 9.17) is 0 Å². The first kappa shape index (κ1) is 19.7. The van der Waals surface area contributed by atoms with Gasteiger partial charge in [-0.1, -0.05) is 6.92 Å². The highest BCUT2D eigenvalue weighted by atomic mass is 32.2. The van der Waals surface area contributed by atoms with Gasteiger partial charge in [0.25, 0.3) is 0 Å². The molecule has 0 aromatic heterocycles. The minimum atomic E-state index is -3.28. The monoisotopic (exact) mass is 371 g/mol. The maximum absolute atomic E-state index is 13.0. The Bertz CT molecular complexity index is 671. The van der Waals surface area contributed by atoms with Gasteiger partial charge in [-0.25, -0.2) is 17.1 Å². The van der Waals surface area contributed by atoms with Crippen molar-refractivity contribution in [1.29, 1.82) is 0 Å². The summed E-state index contributed by atoms with van der Waals surface area (Å²) in [4.78, 5) is 16.2. The van der Waals surface area contributed by atoms with Crippen molar-refractivity contribution in [3.05, 3.63) is 30.1 Å². The van der Waals surface area contributed by atoms with E-state index in [-0.39, 0.29) is 24.7 Å². The molecule has 0 saturated carbocycles. The lowest BCUT2D eigenvalue weighted by atomic mass is 10.2. The standard InChI is InChI=1S/C17H26FN3O3S/c1-3-9-21(25(2,23)24)10-8-17(22)20-13-11-19(12-14-20)16-6-4-15(18)5-7-16/h4-7H,3,8-14H2,1-2H3. The number of piperazine rings is 1. The largest absolute Gasteiger partial charge is 0.368 e. The zero-order valence-corrected chi connectivity index (χ0v) is 15.6. The summed E-state index contributed by atoms with van der Waals surface area (Å²) in [5, 5.41) is 0. The van der Waals surface area contributed by atoms with Crippen LogP contribution in [-0.4, -0.2) is 69.1 Å². The second kappa shape index (κ2) is 8.62. The predicted octanol–water partition coefficient (Wildman–Crippen LogP) is 1.54. The van der Waals surface area contributed by atoms with Crippen LogP contribution in [0.2, 0.25) is 0 Å². The molecule has 0 radical (unpaired) electrons. The first-order valence-electron chi connectivity index (χ1n) is 8.54. The third kappa shape index (κ3) is 5.67. The second-order valence-electron chi connectivity index (χ2n) is 6.26. The van der Waals surface area contributed by atoms with Crippen LogP contribution in [0.3, 0.4) is 0 Å². The summed E-state index contributed by atoms with van der Waals surface area (Å²) >= 11 is 0. The molecule has 1 amide bonds. The average Bonchev–Trinajstić information content (AvgIpc) is 2.58. The van der Waals surface area contributed by atoms with Gasteiger partial charge in [-0.15, -0.1) is 0 Å². The van der Waals surface area contributed by atoms with E-state index in [1.807, 2.05) is 6.92 Å². The molecule has 6 nitrogen and oxygen atoms in total. The van der Waals surface area contributed by atoms with E-state index < -0.39 is 10.0 Å². The van der Waals surface area contributed by atoms with E-state index in [0.717, 1.165) is 12.1 Å². The van der Waals surface area contributed by atoms with Crippen molar-refractivity contribution in [3.8, 4) is 0 Å². The molecule has 1 fully saturated rings. The van der Waals surface area contributed by atoms with Crippen molar-refractivity contribution in [2.75, 3.05) is 50.4 Å². The van der Waals surface area contributed by atoms with E-state index in [0.29, 0.717) is 32.7 Å². The minimum Gasteiger partial charge on any atom is -0.368 e. The molecule has 1 aliphatic heterocycles. The van der Waals surface area contributed by atoms with Crippen LogP contribution in [0.1, 0.15) is 19.8 Å². The van der Waals surface area contributed by atoms with Crippen molar-refractivity contribution in [1.82, 2.24) is 9.21 Å². The number of carbonyl (C=O) groups is 1. The lowest BCUT2D eigenvalue weighted by Crippen LogP contribution is -2.49. The number of anilines is 1. The SMILES string of the molecule is CCCN(CCC(=O)N1CCN(c2ccc(F)cc2)CC1)S(C)(=O)=O. The van der Waals surface area contributed by atoms with Crippen LogP contribution in [0.5, 0.6) is 0 Å². The lowest BCUT2D eigenvalue weighted by molar-refractivity contribution is -0.131. The van der Waals surface area contributed by atoms with Crippen LogP contribution < -0.4 is 4.90 Å². The topological polar surface area (TPSA) is 60.9 Å². The lowest BCUT2D eigenvalue weighted by Gasteiger charge is -2.36. The van der Waals surface area contributed by atoms with Gasteiger partial charge >= 0.3 is 0 Å². The highest BCUT2D eigenvalue weighted by molar-refractivity contribution is 7.88. The number of hydrogen-bond acceptors (Lipinski definition) is 4. The Hall–Kier alpha value is -1.67. The van der Waals surface area contributed by atoms with Crippen molar-refractivity contribution >= 4 is 21.6 Å². The molecule has 8 heteroatoms. The average molecular weight is 371 g/mol. The fourth-order valence-electron chi connectivity index (χ4n) is 2.94. The van der Waals surface area contributed by atoms with Gasteiger partial charge in [-0.05, 0) is 30.7 Å². The molecule has 1 heterocycles. The zero-order valence-electron chi connectivity index (χ0n) is 14.8. The van der Waals surface area contributed by atoms with Gasteiger partial charge in [0.05, 0.1) is 6.26 Å². The number of benzene rings is 1. The molecule has 25 heavy (non-hydrogen) atoms. The van der Waals surface area contributed by atoms with Gasteiger partial charge in [0.1, 0.15) is 5.82 Å². The Morgan fingerprint density at radius 2 is 1.72 bits per heavy atom. The van der Waals surface area contributed by atoms with E-state index in [1.165, 1.54) is 22.7 Å². The first-order chi connectivity index (χ1) is 11.8. The molecule has 1 aliphatic rings. The van der Waals surface area contributed by atoms with Crippen LogP contribution in [0.4, 0.5) is 10.1 Å². The molecule has 0 N–H and O–H groups in total. The first-order valence-corrected chi connectivity index (χ1v) is 10.4. The highest BCUT2D eigenvalue weighted by Gasteiger charge is 2.23. The molecule has 0 aliphatic carbocycles. The van der Waals surface area contributed by atoms with Gasteiger partial charge in [0, 0.05) is 51.4 Å². The molecular weight excluding hydrogens is 345 g/mol. The summed E-state index contributed by atoms with van der Waals surface area (Å²) in [6.07, 6.45) is 2.09. The molecule has 0 spiro atoms. The van der Waals surface area contributed by atoms with Gasteiger partial charge in [-0.2, -0.15) is 0 Å². The Morgan fingerprint density at radius 3 is 2.24 bits per heavy atom. The van der Waals surface area contributed by atoms with Crippen molar-refractivity contribution in [2.45, 2.75) is 19.8 Å². The fraction of sp³-hybridized carbons (Fsp3) is 0.588. The maximum Gasteiger partial charge on any atom is 0.224 e. The summed E-state index contributed by atoms with van der Waals surface area (Å²) in [6.45, 7) is 5.11. The molecule has 1 aromatic carbocycles. The molecule has 2 rings (SSSR count). The third-order valence-corrected chi connectivity index (χ3v) is 5.64. The second-order valence-corrected chi connectivity index (χ2v) is 8.24. The Morgan fingerprint density at radius 1 is 1.12 bits per heavy atom. The molecule has 1 aromatic rings. The summed E-state index contributed by atoms with van der Waals surface area (Å²) in [5.74, 6) is -0.288. The summed E-state index contributed by atoms with van der Waals surface area (Å²) in [7, 11) is -3.28. The van der Waals surface area contributed by atoms with Crippen LogP contribution in [0, 0.1) is 5.82 Å². The normalized spacial score (nSPS) is 15.7. The van der Waals surface area contributed by atoms with Crippen LogP contribution >= 0.6 is 0 Å². The summed E-state index contributed by atoms with van der Waals surface area (Å²) < 4.78 is 37.8. The third-order valence-electron chi connectivity index (χ3n) is 4.34. The number of nitrogens with zero attached hydrogens (tertiary/aromatic N) is 3. The molecule has 1 saturated heterocycles. The van der Waals surface area contributed by atoms with Gasteiger partial charge in [-0.3, -0.25) is 4.79 Å². The number of hydrogen-bond donors (Lipinski definition) is 0. The maximum atomic E-state index is 13.0. The molecule has 140 valence electrons. The number of sulfonamides is 1. The van der Waals surface area contributed by atoms with Crippen molar-refractivity contribution in [3.63, 3.8) is 0 Å². The Labute approximate surface area is 149 Å². The Balaban J connectivity index is 1.83. The molecular formula is C17H26FN3O3S. The van der Waals surface area contributed by atoms with Crippen LogP contribution in [0.15, 0.2) is 24.3 Å². The summed E-state index contributed by atoms with van der Waals surface area (Å²) in [5.41, 5.74) is 0.944. The summed E-state index contributed by atoms with van der Waals surface area (Å²) in [6, 6.07) is 6.34. The Kier molecular flexibility index (Phi) is 6.78. The highest BCUT2D eigenvalue weighted by Crippen LogP contribution is 2.17.